The first kappa shape index (κ1) is 28.3. The van der Waals surface area contributed by atoms with Crippen LogP contribution in [0.1, 0.15) is 39.7 Å². The highest BCUT2D eigenvalue weighted by Crippen LogP contribution is 2.18. The first-order valence-electron chi connectivity index (χ1n) is 11.1. The van der Waals surface area contributed by atoms with Crippen molar-refractivity contribution in [1.82, 2.24) is 24.9 Å². The van der Waals surface area contributed by atoms with Crippen LogP contribution in [-0.4, -0.2) is 74.3 Å². The molecule has 1 aliphatic rings. The summed E-state index contributed by atoms with van der Waals surface area (Å²) in [6.07, 6.45) is -0.807. The molecule has 1 unspecified atom stereocenters. The van der Waals surface area contributed by atoms with Gasteiger partial charge in [0.05, 0.1) is 13.2 Å². The molecule has 0 spiro atoms. The molecule has 3 N–H and O–H groups in total. The number of hydrogen-bond donors (Lipinski definition) is 3. The summed E-state index contributed by atoms with van der Waals surface area (Å²) in [4.78, 5) is 48.9. The lowest BCUT2D eigenvalue weighted by Gasteiger charge is -2.39. The van der Waals surface area contributed by atoms with Crippen LogP contribution in [-0.2, 0) is 36.0 Å². The van der Waals surface area contributed by atoms with Crippen LogP contribution < -0.4 is 14.9 Å². The van der Waals surface area contributed by atoms with E-state index in [0.717, 1.165) is 5.56 Å². The molecule has 0 saturated carbocycles. The Morgan fingerprint density at radius 1 is 1.17 bits per heavy atom. The number of hydrogen-bond acceptors (Lipinski definition) is 8. The molecule has 196 valence electrons. The van der Waals surface area contributed by atoms with Crippen LogP contribution in [0.5, 0.6) is 0 Å². The number of amides is 4. The van der Waals surface area contributed by atoms with Crippen molar-refractivity contribution in [1.29, 1.82) is 0 Å². The highest BCUT2D eigenvalue weighted by atomic mass is 32.2. The van der Waals surface area contributed by atoms with E-state index in [1.54, 1.807) is 32.4 Å². The number of nitrogens with one attached hydrogen (secondary N) is 3. The molecule has 13 nitrogen and oxygen atoms in total. The van der Waals surface area contributed by atoms with Crippen LogP contribution in [0.3, 0.4) is 0 Å². The van der Waals surface area contributed by atoms with Crippen molar-refractivity contribution in [2.45, 2.75) is 52.4 Å². The molecule has 2 rings (SSSR count). The number of nitrogens with zero attached hydrogens (tertiary/aromatic N) is 2. The number of hydroxylamine groups is 3. The van der Waals surface area contributed by atoms with E-state index in [1.165, 1.54) is 9.96 Å². The van der Waals surface area contributed by atoms with Gasteiger partial charge in [0.15, 0.2) is 0 Å². The van der Waals surface area contributed by atoms with Gasteiger partial charge in [-0.2, -0.15) is 13.1 Å². The molecule has 4 amide bonds. The molecule has 1 atom stereocenters. The van der Waals surface area contributed by atoms with Crippen molar-refractivity contribution >= 4 is 28.2 Å². The van der Waals surface area contributed by atoms with E-state index in [1.807, 2.05) is 30.3 Å². The topological polar surface area (TPSA) is 156 Å². The lowest BCUT2D eigenvalue weighted by atomic mass is 10.1. The SMILES string of the molecule is CCN1C(=O)N(OCc2ccccc2)CCC1C(=O)NOCCNS(=O)(=O)NC(=O)OC(C)(C)C. The van der Waals surface area contributed by atoms with Crippen molar-refractivity contribution in [3.63, 3.8) is 0 Å². The van der Waals surface area contributed by atoms with Crippen molar-refractivity contribution in [2.75, 3.05) is 26.2 Å². The average Bonchev–Trinajstić information content (AvgIpc) is 2.76. The van der Waals surface area contributed by atoms with E-state index in [2.05, 4.69) is 10.2 Å². The van der Waals surface area contributed by atoms with Crippen molar-refractivity contribution in [3.05, 3.63) is 35.9 Å². The standard InChI is InChI=1S/C21H33N5O8S/c1-5-25-17(11-13-26(20(25)29)33-15-16-9-7-6-8-10-16)18(27)23-32-14-12-22-35(30,31)24-19(28)34-21(2,3)4/h6-10,17,22H,5,11-15H2,1-4H3,(H,23,27)(H,24,28). The zero-order chi connectivity index (χ0) is 26.1. The largest absolute Gasteiger partial charge is 0.443 e. The smallest absolute Gasteiger partial charge is 0.422 e. The summed E-state index contributed by atoms with van der Waals surface area (Å²) < 4.78 is 32.3. The quantitative estimate of drug-likeness (QED) is 0.292. The summed E-state index contributed by atoms with van der Waals surface area (Å²) >= 11 is 0. The van der Waals surface area contributed by atoms with E-state index in [4.69, 9.17) is 14.4 Å². The Balaban J connectivity index is 1.74. The van der Waals surface area contributed by atoms with Gasteiger partial charge in [0.2, 0.25) is 0 Å². The number of ether oxygens (including phenoxy) is 1. The number of urea groups is 1. The summed E-state index contributed by atoms with van der Waals surface area (Å²) in [7, 11) is -4.17. The van der Waals surface area contributed by atoms with Gasteiger partial charge in [-0.25, -0.2) is 24.9 Å². The molecular weight excluding hydrogens is 482 g/mol. The monoisotopic (exact) mass is 515 g/mol. The maximum atomic E-state index is 12.7. The molecule has 0 radical (unpaired) electrons. The fraction of sp³-hybridized carbons (Fsp3) is 0.571. The fourth-order valence-electron chi connectivity index (χ4n) is 3.10. The van der Waals surface area contributed by atoms with Gasteiger partial charge in [0, 0.05) is 13.1 Å². The molecule has 1 aromatic rings. The Labute approximate surface area is 205 Å². The van der Waals surface area contributed by atoms with E-state index in [9.17, 15) is 22.8 Å². The fourth-order valence-corrected chi connectivity index (χ4v) is 3.79. The maximum absolute atomic E-state index is 12.7. The number of carbonyl (C=O) groups excluding carboxylic acids is 3. The number of carbonyl (C=O) groups is 3. The number of rotatable bonds is 11. The van der Waals surface area contributed by atoms with E-state index >= 15 is 0 Å². The van der Waals surface area contributed by atoms with Crippen LogP contribution in [0, 0.1) is 0 Å². The lowest BCUT2D eigenvalue weighted by molar-refractivity contribution is -0.161. The Morgan fingerprint density at radius 2 is 1.86 bits per heavy atom. The molecule has 1 saturated heterocycles. The minimum Gasteiger partial charge on any atom is -0.443 e. The van der Waals surface area contributed by atoms with Gasteiger partial charge >= 0.3 is 22.3 Å². The first-order valence-corrected chi connectivity index (χ1v) is 12.6. The molecule has 1 heterocycles. The van der Waals surface area contributed by atoms with E-state index in [0.29, 0.717) is 6.42 Å². The molecule has 0 bridgehead atoms. The van der Waals surface area contributed by atoms with Crippen LogP contribution in [0.15, 0.2) is 30.3 Å². The van der Waals surface area contributed by atoms with E-state index < -0.39 is 39.9 Å². The molecule has 0 aliphatic carbocycles. The van der Waals surface area contributed by atoms with Gasteiger partial charge in [-0.15, -0.1) is 0 Å². The van der Waals surface area contributed by atoms with Crippen molar-refractivity contribution < 1.29 is 37.2 Å². The second-order valence-electron chi connectivity index (χ2n) is 8.55. The van der Waals surface area contributed by atoms with Crippen LogP contribution in [0.4, 0.5) is 9.59 Å². The maximum Gasteiger partial charge on any atom is 0.422 e. The Kier molecular flexibility index (Phi) is 10.2. The minimum atomic E-state index is -4.17. The second kappa shape index (κ2) is 12.7. The van der Waals surface area contributed by atoms with Gasteiger partial charge in [0.1, 0.15) is 18.2 Å². The minimum absolute atomic E-state index is 0.219. The van der Waals surface area contributed by atoms with Gasteiger partial charge < -0.3 is 9.64 Å². The second-order valence-corrected chi connectivity index (χ2v) is 10.1. The molecule has 1 aromatic carbocycles. The summed E-state index contributed by atoms with van der Waals surface area (Å²) in [6, 6.07) is 8.19. The van der Waals surface area contributed by atoms with Gasteiger partial charge in [0.25, 0.3) is 5.91 Å². The zero-order valence-electron chi connectivity index (χ0n) is 20.3. The molecule has 14 heteroatoms. The normalized spacial score (nSPS) is 16.7. The molecular formula is C21H33N5O8S. The van der Waals surface area contributed by atoms with Gasteiger partial charge in [-0.1, -0.05) is 30.3 Å². The summed E-state index contributed by atoms with van der Waals surface area (Å²) in [5, 5.41) is 1.23. The zero-order valence-corrected chi connectivity index (χ0v) is 21.1. The van der Waals surface area contributed by atoms with Crippen molar-refractivity contribution in [2.24, 2.45) is 0 Å². The van der Waals surface area contributed by atoms with Crippen molar-refractivity contribution in [3.8, 4) is 0 Å². The predicted octanol–water partition coefficient (Wildman–Crippen LogP) is 1.04. The number of likely N-dealkylation sites (N-methyl/N-ethyl adjacent to an activating group) is 1. The molecule has 1 fully saturated rings. The lowest BCUT2D eigenvalue weighted by Crippen LogP contribution is -2.58. The van der Waals surface area contributed by atoms with Crippen LogP contribution >= 0.6 is 0 Å². The third-order valence-electron chi connectivity index (χ3n) is 4.60. The molecule has 1 aliphatic heterocycles. The molecule has 35 heavy (non-hydrogen) atoms. The number of benzene rings is 1. The summed E-state index contributed by atoms with van der Waals surface area (Å²) in [5.41, 5.74) is 2.28. The third kappa shape index (κ3) is 9.68. The first-order chi connectivity index (χ1) is 16.4. The Morgan fingerprint density at radius 3 is 2.49 bits per heavy atom. The third-order valence-corrected chi connectivity index (χ3v) is 5.62. The van der Waals surface area contributed by atoms with Gasteiger partial charge in [-0.05, 0) is 39.7 Å². The van der Waals surface area contributed by atoms with Gasteiger partial charge in [-0.3, -0.25) is 14.5 Å². The summed E-state index contributed by atoms with van der Waals surface area (Å²) in [6.45, 7) is 6.79. The van der Waals surface area contributed by atoms with Crippen LogP contribution in [0.2, 0.25) is 0 Å². The Hall–Kier alpha value is -2.94. The highest BCUT2D eigenvalue weighted by molar-refractivity contribution is 7.88. The Bertz CT molecular complexity index is 968. The highest BCUT2D eigenvalue weighted by Gasteiger charge is 2.37. The molecule has 0 aromatic heterocycles. The van der Waals surface area contributed by atoms with E-state index in [-0.39, 0.29) is 32.8 Å². The predicted molar refractivity (Wildman–Crippen MR) is 125 cm³/mol. The van der Waals surface area contributed by atoms with Crippen LogP contribution in [0.25, 0.3) is 0 Å². The summed E-state index contributed by atoms with van der Waals surface area (Å²) in [5.74, 6) is -0.544. The average molecular weight is 516 g/mol.